The summed E-state index contributed by atoms with van der Waals surface area (Å²) in [6.07, 6.45) is 3.39. The third-order valence-corrected chi connectivity index (χ3v) is 7.29. The molecule has 3 aliphatic heterocycles. The highest BCUT2D eigenvalue weighted by Gasteiger charge is 2.48. The summed E-state index contributed by atoms with van der Waals surface area (Å²) in [5, 5.41) is 11.3. The maximum absolute atomic E-state index is 12.5. The second-order valence-electron chi connectivity index (χ2n) is 8.15. The maximum atomic E-state index is 12.5. The number of hydrogen-bond donors (Lipinski definition) is 1. The third-order valence-electron chi connectivity index (χ3n) is 5.75. The number of urea groups is 1. The van der Waals surface area contributed by atoms with Gasteiger partial charge in [-0.15, -0.1) is 14.5 Å². The Bertz CT molecular complexity index is 831. The topological polar surface area (TPSA) is 113 Å². The first-order chi connectivity index (χ1) is 12.6. The molecule has 4 rings (SSSR count). The zero-order valence-electron chi connectivity index (χ0n) is 15.3. The quantitative estimate of drug-likeness (QED) is 0.577. The number of hydrogen-bond acceptors (Lipinski definition) is 7. The van der Waals surface area contributed by atoms with Gasteiger partial charge < -0.3 is 9.38 Å². The summed E-state index contributed by atoms with van der Waals surface area (Å²) in [6.45, 7) is 2.57. The van der Waals surface area contributed by atoms with Gasteiger partial charge in [-0.1, -0.05) is 11.3 Å². The van der Waals surface area contributed by atoms with Crippen molar-refractivity contribution in [2.75, 3.05) is 33.7 Å². The van der Waals surface area contributed by atoms with Gasteiger partial charge in [0.1, 0.15) is 10.0 Å². The van der Waals surface area contributed by atoms with Crippen LogP contribution in [0.5, 0.6) is 0 Å². The Morgan fingerprint density at radius 3 is 2.48 bits per heavy atom. The Morgan fingerprint density at radius 2 is 1.81 bits per heavy atom. The van der Waals surface area contributed by atoms with E-state index in [1.807, 2.05) is 0 Å². The molecule has 3 saturated heterocycles. The van der Waals surface area contributed by atoms with Gasteiger partial charge in [-0.05, 0) is 12.8 Å². The van der Waals surface area contributed by atoms with Gasteiger partial charge in [0.2, 0.25) is 0 Å². The molecule has 3 fully saturated rings. The molecule has 4 heterocycles. The monoisotopic (exact) mass is 418 g/mol. The number of quaternary nitrogens is 1. The van der Waals surface area contributed by atoms with Crippen molar-refractivity contribution in [1.29, 1.82) is 0 Å². The lowest BCUT2D eigenvalue weighted by Gasteiger charge is -2.36. The minimum absolute atomic E-state index is 0.231. The fraction of sp³-hybridized carbons (Fsp3) is 0.800. The molecule has 10 nitrogen and oxygen atoms in total. The van der Waals surface area contributed by atoms with Crippen molar-refractivity contribution in [2.24, 2.45) is 0 Å². The summed E-state index contributed by atoms with van der Waals surface area (Å²) in [7, 11) is -0.258. The van der Waals surface area contributed by atoms with E-state index in [9.17, 15) is 13.2 Å². The average molecular weight is 419 g/mol. The molecule has 2 bridgehead atoms. The molecule has 3 aliphatic rings. The van der Waals surface area contributed by atoms with Crippen LogP contribution in [0.3, 0.4) is 0 Å². The summed E-state index contributed by atoms with van der Waals surface area (Å²) in [4.78, 5) is 14.1. The van der Waals surface area contributed by atoms with Gasteiger partial charge in [-0.3, -0.25) is 4.55 Å². The first-order valence-corrected chi connectivity index (χ1v) is 11.2. The maximum Gasteiger partial charge on any atom is 0.418 e. The number of carbonyl (C=O) groups is 1. The fourth-order valence-corrected chi connectivity index (χ4v) is 5.70. The Morgan fingerprint density at radius 1 is 1.15 bits per heavy atom. The number of piperidine rings is 2. The number of likely N-dealkylation sites (tertiary alicyclic amines) is 1. The van der Waals surface area contributed by atoms with Crippen LogP contribution >= 0.6 is 11.3 Å². The highest BCUT2D eigenvalue weighted by Crippen LogP contribution is 2.41. The normalized spacial score (nSPS) is 28.8. The zero-order valence-corrected chi connectivity index (χ0v) is 16.9. The van der Waals surface area contributed by atoms with Gasteiger partial charge in [0.05, 0.1) is 39.3 Å². The number of hydroxylamine groups is 2. The number of rotatable bonds is 4. The van der Waals surface area contributed by atoms with Gasteiger partial charge >= 0.3 is 16.4 Å². The third kappa shape index (κ3) is 3.81. The smallest absolute Gasteiger partial charge is 0.328 e. The van der Waals surface area contributed by atoms with E-state index >= 15 is 0 Å². The fourth-order valence-electron chi connectivity index (χ4n) is 4.15. The van der Waals surface area contributed by atoms with E-state index in [0.717, 1.165) is 45.5 Å². The van der Waals surface area contributed by atoms with Gasteiger partial charge in [-0.25, -0.2) is 4.79 Å². The largest absolute Gasteiger partial charge is 0.418 e. The number of nitrogens with zero attached hydrogens (tertiary/aromatic N) is 5. The molecule has 0 aromatic carbocycles. The van der Waals surface area contributed by atoms with E-state index in [1.54, 1.807) is 16.2 Å². The summed E-state index contributed by atoms with van der Waals surface area (Å²) < 4.78 is 36.4. The summed E-state index contributed by atoms with van der Waals surface area (Å²) >= 11 is 1.55. The summed E-state index contributed by atoms with van der Waals surface area (Å²) in [5.74, 6) is 0.410. The van der Waals surface area contributed by atoms with Crippen LogP contribution in [0, 0.1) is 0 Å². The minimum atomic E-state index is -4.73. The van der Waals surface area contributed by atoms with Crippen LogP contribution in [-0.4, -0.2) is 83.4 Å². The van der Waals surface area contributed by atoms with Crippen molar-refractivity contribution < 1.29 is 26.5 Å². The first kappa shape index (κ1) is 19.0. The van der Waals surface area contributed by atoms with Crippen molar-refractivity contribution in [2.45, 2.75) is 43.7 Å². The van der Waals surface area contributed by atoms with Crippen molar-refractivity contribution in [3.63, 3.8) is 0 Å². The van der Waals surface area contributed by atoms with Crippen LogP contribution in [0.1, 0.15) is 47.7 Å². The van der Waals surface area contributed by atoms with Crippen LogP contribution in [0.15, 0.2) is 0 Å². The average Bonchev–Trinajstić information content (AvgIpc) is 3.15. The lowest BCUT2D eigenvalue weighted by molar-refractivity contribution is -0.895. The second kappa shape index (κ2) is 6.62. The molecule has 0 unspecified atom stereocenters. The first-order valence-electron chi connectivity index (χ1n) is 9.05. The Labute approximate surface area is 162 Å². The summed E-state index contributed by atoms with van der Waals surface area (Å²) in [5.41, 5.74) is 0. The predicted molar refractivity (Wildman–Crippen MR) is 96.1 cm³/mol. The number of amides is 2. The van der Waals surface area contributed by atoms with E-state index in [4.69, 9.17) is 4.55 Å². The molecular weight excluding hydrogens is 394 g/mol. The molecule has 0 aliphatic carbocycles. The molecule has 2 atom stereocenters. The van der Waals surface area contributed by atoms with E-state index in [2.05, 4.69) is 28.6 Å². The van der Waals surface area contributed by atoms with Gasteiger partial charge in [-0.2, -0.15) is 13.5 Å². The minimum Gasteiger partial charge on any atom is -0.328 e. The van der Waals surface area contributed by atoms with Crippen LogP contribution < -0.4 is 0 Å². The van der Waals surface area contributed by atoms with Crippen LogP contribution in [0.25, 0.3) is 0 Å². The lowest BCUT2D eigenvalue weighted by atomic mass is 9.97. The zero-order chi connectivity index (χ0) is 19.4. The number of carbonyl (C=O) groups excluding carboxylic acids is 1. The van der Waals surface area contributed by atoms with Gasteiger partial charge in [0.25, 0.3) is 0 Å². The molecular formula is C15H24N5O5S2+. The molecule has 0 radical (unpaired) electrons. The summed E-state index contributed by atoms with van der Waals surface area (Å²) in [6, 6.07) is -1.18. The molecule has 1 aromatic rings. The molecule has 27 heavy (non-hydrogen) atoms. The highest BCUT2D eigenvalue weighted by molar-refractivity contribution is 7.80. The van der Waals surface area contributed by atoms with Gasteiger partial charge in [0, 0.05) is 25.3 Å². The van der Waals surface area contributed by atoms with Crippen molar-refractivity contribution in [3.8, 4) is 0 Å². The predicted octanol–water partition coefficient (Wildman–Crippen LogP) is 1.17. The van der Waals surface area contributed by atoms with Crippen LogP contribution in [-0.2, 0) is 14.7 Å². The van der Waals surface area contributed by atoms with Gasteiger partial charge in [0.15, 0.2) is 0 Å². The molecule has 2 amide bonds. The SMILES string of the molecule is C[N+]1(C)CCC(c2nnc([C@@H]3CC[C@@H]4CN3C(=O)N4OS(=O)(=O)O)s2)CC1. The standard InChI is InChI=1S/C15H23N5O5S2/c1-20(2)7-5-10(6-8-20)13-16-17-14(26-13)12-4-3-11-9-18(12)15(21)19(11)25-27(22,23)24/h10-12H,3-9H2,1-2H3/p+1/t11-,12+/m1/s1. The molecule has 1 aromatic heterocycles. The Balaban J connectivity index is 1.48. The Hall–Kier alpha value is -1.34. The second-order valence-corrected chi connectivity index (χ2v) is 10.2. The van der Waals surface area contributed by atoms with Crippen molar-refractivity contribution >= 4 is 27.8 Å². The lowest BCUT2D eigenvalue weighted by Crippen LogP contribution is -2.45. The van der Waals surface area contributed by atoms with E-state index in [-0.39, 0.29) is 12.1 Å². The highest BCUT2D eigenvalue weighted by atomic mass is 32.3. The molecule has 1 N–H and O–H groups in total. The van der Waals surface area contributed by atoms with E-state index in [0.29, 0.717) is 25.3 Å². The number of fused-ring (bicyclic) bond motifs is 2. The Kier molecular flexibility index (Phi) is 4.66. The van der Waals surface area contributed by atoms with Crippen molar-refractivity contribution in [3.05, 3.63) is 10.0 Å². The number of aromatic nitrogens is 2. The van der Waals surface area contributed by atoms with E-state index in [1.165, 1.54) is 0 Å². The molecule has 0 spiro atoms. The van der Waals surface area contributed by atoms with Crippen molar-refractivity contribution in [1.82, 2.24) is 20.2 Å². The molecule has 150 valence electrons. The molecule has 0 saturated carbocycles. The van der Waals surface area contributed by atoms with E-state index < -0.39 is 16.4 Å². The van der Waals surface area contributed by atoms with Crippen LogP contribution in [0.4, 0.5) is 4.79 Å². The molecule has 12 heteroatoms. The van der Waals surface area contributed by atoms with Crippen LogP contribution in [0.2, 0.25) is 0 Å².